The fourth-order valence-corrected chi connectivity index (χ4v) is 2.96. The predicted molar refractivity (Wildman–Crippen MR) is 97.3 cm³/mol. The van der Waals surface area contributed by atoms with Crippen LogP contribution in [0.15, 0.2) is 48.8 Å². The highest BCUT2D eigenvalue weighted by molar-refractivity contribution is 5.94. The molecule has 3 rings (SSSR count). The van der Waals surface area contributed by atoms with Gasteiger partial charge in [0.1, 0.15) is 0 Å². The number of carbonyl (C=O) groups excluding carboxylic acids is 1. The molecule has 5 heteroatoms. The summed E-state index contributed by atoms with van der Waals surface area (Å²) in [6.45, 7) is 7.58. The fourth-order valence-electron chi connectivity index (χ4n) is 2.96. The summed E-state index contributed by atoms with van der Waals surface area (Å²) >= 11 is 0. The van der Waals surface area contributed by atoms with E-state index in [1.54, 1.807) is 6.20 Å². The molecule has 1 aliphatic heterocycles. The SMILES string of the molecule is Cc1ccc(NC(=O)C(C)N2CCN(c3cccnc3)CC2)cc1. The Kier molecular flexibility index (Phi) is 5.11. The Morgan fingerprint density at radius 1 is 1.12 bits per heavy atom. The Hall–Kier alpha value is -2.40. The van der Waals surface area contributed by atoms with Crippen molar-refractivity contribution in [1.29, 1.82) is 0 Å². The number of pyridine rings is 1. The van der Waals surface area contributed by atoms with Gasteiger partial charge in [0.2, 0.25) is 5.91 Å². The third-order valence-corrected chi connectivity index (χ3v) is 4.57. The van der Waals surface area contributed by atoms with Gasteiger partial charge in [0.25, 0.3) is 0 Å². The summed E-state index contributed by atoms with van der Waals surface area (Å²) in [6.07, 6.45) is 3.68. The lowest BCUT2D eigenvalue weighted by Gasteiger charge is -2.38. The van der Waals surface area contributed by atoms with E-state index in [4.69, 9.17) is 0 Å². The Labute approximate surface area is 143 Å². The molecule has 1 aromatic carbocycles. The van der Waals surface area contributed by atoms with Crippen molar-refractivity contribution in [1.82, 2.24) is 9.88 Å². The molecule has 5 nitrogen and oxygen atoms in total. The van der Waals surface area contributed by atoms with E-state index >= 15 is 0 Å². The van der Waals surface area contributed by atoms with E-state index in [-0.39, 0.29) is 11.9 Å². The second kappa shape index (κ2) is 7.45. The molecule has 0 spiro atoms. The molecule has 1 saturated heterocycles. The van der Waals surface area contributed by atoms with E-state index < -0.39 is 0 Å². The van der Waals surface area contributed by atoms with Gasteiger partial charge in [-0.05, 0) is 38.1 Å². The Balaban J connectivity index is 1.53. The fraction of sp³-hybridized carbons (Fsp3) is 0.368. The minimum absolute atomic E-state index is 0.0497. The van der Waals surface area contributed by atoms with E-state index in [9.17, 15) is 4.79 Å². The number of nitrogens with one attached hydrogen (secondary N) is 1. The van der Waals surface area contributed by atoms with Crippen LogP contribution in [0.25, 0.3) is 0 Å². The molecule has 2 aromatic rings. The zero-order valence-electron chi connectivity index (χ0n) is 14.3. The number of piperazine rings is 1. The Bertz CT molecular complexity index is 664. The third-order valence-electron chi connectivity index (χ3n) is 4.57. The number of hydrogen-bond acceptors (Lipinski definition) is 4. The zero-order chi connectivity index (χ0) is 16.9. The first kappa shape index (κ1) is 16.5. The lowest BCUT2D eigenvalue weighted by Crippen LogP contribution is -2.52. The van der Waals surface area contributed by atoms with Crippen molar-refractivity contribution in [2.24, 2.45) is 0 Å². The van der Waals surface area contributed by atoms with E-state index in [1.165, 1.54) is 5.56 Å². The molecule has 1 fully saturated rings. The van der Waals surface area contributed by atoms with Crippen LogP contribution in [0.4, 0.5) is 11.4 Å². The first-order valence-corrected chi connectivity index (χ1v) is 8.40. The van der Waals surface area contributed by atoms with E-state index in [0.29, 0.717) is 0 Å². The van der Waals surface area contributed by atoms with Crippen LogP contribution in [0.5, 0.6) is 0 Å². The number of amides is 1. The zero-order valence-corrected chi connectivity index (χ0v) is 14.3. The lowest BCUT2D eigenvalue weighted by molar-refractivity contribution is -0.120. The molecule has 2 heterocycles. The molecular formula is C19H24N4O. The van der Waals surface area contributed by atoms with Crippen molar-refractivity contribution in [3.8, 4) is 0 Å². The van der Waals surface area contributed by atoms with Crippen LogP contribution in [0.1, 0.15) is 12.5 Å². The van der Waals surface area contributed by atoms with E-state index in [0.717, 1.165) is 37.6 Å². The van der Waals surface area contributed by atoms with Gasteiger partial charge in [-0.2, -0.15) is 0 Å². The van der Waals surface area contributed by atoms with Gasteiger partial charge in [0, 0.05) is 38.1 Å². The van der Waals surface area contributed by atoms with Gasteiger partial charge in [-0.25, -0.2) is 0 Å². The molecule has 0 bridgehead atoms. The Morgan fingerprint density at radius 3 is 2.46 bits per heavy atom. The highest BCUT2D eigenvalue weighted by atomic mass is 16.2. The van der Waals surface area contributed by atoms with Gasteiger partial charge in [0.15, 0.2) is 0 Å². The van der Waals surface area contributed by atoms with Crippen LogP contribution in [-0.2, 0) is 4.79 Å². The molecule has 1 amide bonds. The predicted octanol–water partition coefficient (Wildman–Crippen LogP) is 2.54. The summed E-state index contributed by atoms with van der Waals surface area (Å²) in [7, 11) is 0. The summed E-state index contributed by atoms with van der Waals surface area (Å²) in [5.41, 5.74) is 3.19. The second-order valence-electron chi connectivity index (χ2n) is 6.27. The largest absolute Gasteiger partial charge is 0.368 e. The molecule has 1 aromatic heterocycles. The summed E-state index contributed by atoms with van der Waals surface area (Å²) in [5.74, 6) is 0.0497. The van der Waals surface area contributed by atoms with Crippen molar-refractivity contribution >= 4 is 17.3 Å². The van der Waals surface area contributed by atoms with E-state index in [1.807, 2.05) is 50.4 Å². The van der Waals surface area contributed by atoms with Crippen LogP contribution in [0, 0.1) is 6.92 Å². The van der Waals surface area contributed by atoms with Gasteiger partial charge < -0.3 is 10.2 Å². The minimum atomic E-state index is -0.137. The number of benzene rings is 1. The minimum Gasteiger partial charge on any atom is -0.368 e. The van der Waals surface area contributed by atoms with Crippen LogP contribution < -0.4 is 10.2 Å². The quantitative estimate of drug-likeness (QED) is 0.939. The van der Waals surface area contributed by atoms with Gasteiger partial charge in [0.05, 0.1) is 17.9 Å². The highest BCUT2D eigenvalue weighted by Crippen LogP contribution is 2.16. The number of carbonyl (C=O) groups is 1. The number of aromatic nitrogens is 1. The highest BCUT2D eigenvalue weighted by Gasteiger charge is 2.25. The van der Waals surface area contributed by atoms with Crippen molar-refractivity contribution in [2.45, 2.75) is 19.9 Å². The maximum absolute atomic E-state index is 12.5. The molecule has 126 valence electrons. The van der Waals surface area contributed by atoms with Crippen LogP contribution in [-0.4, -0.2) is 48.0 Å². The summed E-state index contributed by atoms with van der Waals surface area (Å²) in [4.78, 5) is 21.2. The van der Waals surface area contributed by atoms with Gasteiger partial charge >= 0.3 is 0 Å². The third kappa shape index (κ3) is 3.92. The van der Waals surface area contributed by atoms with Crippen molar-refractivity contribution < 1.29 is 4.79 Å². The molecule has 1 unspecified atom stereocenters. The first-order valence-electron chi connectivity index (χ1n) is 8.40. The standard InChI is InChI=1S/C19H24N4O/c1-15-5-7-17(8-6-15)21-19(24)16(2)22-10-12-23(13-11-22)18-4-3-9-20-14-18/h3-9,14,16H,10-13H2,1-2H3,(H,21,24). The topological polar surface area (TPSA) is 48.5 Å². The van der Waals surface area contributed by atoms with Crippen molar-refractivity contribution in [3.05, 3.63) is 54.4 Å². The van der Waals surface area contributed by atoms with E-state index in [2.05, 4.69) is 26.2 Å². The maximum atomic E-state index is 12.5. The number of hydrogen-bond donors (Lipinski definition) is 1. The van der Waals surface area contributed by atoms with Gasteiger partial charge in [-0.3, -0.25) is 14.7 Å². The molecular weight excluding hydrogens is 300 g/mol. The molecule has 0 aliphatic carbocycles. The van der Waals surface area contributed by atoms with Crippen LogP contribution in [0.3, 0.4) is 0 Å². The summed E-state index contributed by atoms with van der Waals surface area (Å²) < 4.78 is 0. The van der Waals surface area contributed by atoms with Crippen LogP contribution in [0.2, 0.25) is 0 Å². The molecule has 24 heavy (non-hydrogen) atoms. The summed E-state index contributed by atoms with van der Waals surface area (Å²) in [6, 6.07) is 11.8. The van der Waals surface area contributed by atoms with Crippen LogP contribution >= 0.6 is 0 Å². The summed E-state index contributed by atoms with van der Waals surface area (Å²) in [5, 5.41) is 3.00. The average molecular weight is 324 g/mol. The number of nitrogens with zero attached hydrogens (tertiary/aromatic N) is 3. The molecule has 1 aliphatic rings. The number of aryl methyl sites for hydroxylation is 1. The average Bonchev–Trinajstić information content (AvgIpc) is 2.64. The van der Waals surface area contributed by atoms with Crippen molar-refractivity contribution in [2.75, 3.05) is 36.4 Å². The maximum Gasteiger partial charge on any atom is 0.241 e. The van der Waals surface area contributed by atoms with Gasteiger partial charge in [-0.15, -0.1) is 0 Å². The molecule has 0 saturated carbocycles. The smallest absolute Gasteiger partial charge is 0.241 e. The second-order valence-corrected chi connectivity index (χ2v) is 6.27. The lowest BCUT2D eigenvalue weighted by atomic mass is 10.2. The molecule has 0 radical (unpaired) electrons. The molecule has 1 atom stereocenters. The normalized spacial score (nSPS) is 16.7. The van der Waals surface area contributed by atoms with Gasteiger partial charge in [-0.1, -0.05) is 17.7 Å². The monoisotopic (exact) mass is 324 g/mol. The number of rotatable bonds is 4. The molecule has 1 N–H and O–H groups in total. The van der Waals surface area contributed by atoms with Crippen molar-refractivity contribution in [3.63, 3.8) is 0 Å². The number of anilines is 2. The first-order chi connectivity index (χ1) is 11.6. The Morgan fingerprint density at radius 2 is 1.83 bits per heavy atom.